The lowest BCUT2D eigenvalue weighted by molar-refractivity contribution is -0.710. The summed E-state index contributed by atoms with van der Waals surface area (Å²) in [5.41, 5.74) is 0. The van der Waals surface area contributed by atoms with Gasteiger partial charge in [-0.1, -0.05) is 13.8 Å². The van der Waals surface area contributed by atoms with Gasteiger partial charge in [0.25, 0.3) is 0 Å². The van der Waals surface area contributed by atoms with Crippen LogP contribution in [0.5, 0.6) is 0 Å². The molecule has 0 aliphatic rings. The largest absolute Gasteiger partial charge is 0.245 e. The first-order valence-electron chi connectivity index (χ1n) is 5.14. The number of nitrogens with zero attached hydrogens (tertiary/aromatic N) is 4. The molecule has 0 saturated heterocycles. The normalized spacial score (nSPS) is 13.9. The van der Waals surface area contributed by atoms with Gasteiger partial charge in [0.1, 0.15) is 24.5 Å². The standard InChI is InChI=1S/C11H15N4/c1-3-10(7-12)14-5-6-15(9-14)11(4-2)8-13/h5-6,9-11H,3-4H2,1-2H3/q+1. The lowest BCUT2D eigenvalue weighted by Gasteiger charge is -2.01. The minimum Gasteiger partial charge on any atom is -0.221 e. The Hall–Kier alpha value is -1.81. The van der Waals surface area contributed by atoms with Gasteiger partial charge in [-0.25, -0.2) is 9.13 Å². The second kappa shape index (κ2) is 5.17. The lowest BCUT2D eigenvalue weighted by atomic mass is 10.2. The monoisotopic (exact) mass is 203 g/mol. The van der Waals surface area contributed by atoms with Gasteiger partial charge in [-0.2, -0.15) is 10.5 Å². The molecule has 0 amide bonds. The summed E-state index contributed by atoms with van der Waals surface area (Å²) in [6, 6.07) is 4.17. The average Bonchev–Trinajstić information content (AvgIpc) is 2.71. The van der Waals surface area contributed by atoms with Crippen molar-refractivity contribution in [1.82, 2.24) is 4.57 Å². The third-order valence-corrected chi connectivity index (χ3v) is 2.47. The molecule has 1 heterocycles. The Balaban J connectivity index is 2.90. The van der Waals surface area contributed by atoms with Gasteiger partial charge in [-0.15, -0.1) is 0 Å². The van der Waals surface area contributed by atoms with Gasteiger partial charge < -0.3 is 0 Å². The van der Waals surface area contributed by atoms with Crippen LogP contribution in [0.2, 0.25) is 0 Å². The minimum absolute atomic E-state index is 0.137. The molecular weight excluding hydrogens is 188 g/mol. The Morgan fingerprint density at radius 2 is 2.00 bits per heavy atom. The smallest absolute Gasteiger partial charge is 0.221 e. The number of nitriles is 2. The van der Waals surface area contributed by atoms with E-state index in [1.807, 2.05) is 41.7 Å². The van der Waals surface area contributed by atoms with E-state index in [1.165, 1.54) is 0 Å². The maximum atomic E-state index is 8.90. The number of aromatic nitrogens is 2. The summed E-state index contributed by atoms with van der Waals surface area (Å²) in [4.78, 5) is 0. The van der Waals surface area contributed by atoms with E-state index in [9.17, 15) is 0 Å². The molecule has 2 unspecified atom stereocenters. The van der Waals surface area contributed by atoms with Crippen LogP contribution in [0.1, 0.15) is 38.8 Å². The van der Waals surface area contributed by atoms with Crippen molar-refractivity contribution in [2.45, 2.75) is 38.8 Å². The van der Waals surface area contributed by atoms with Crippen molar-refractivity contribution in [2.24, 2.45) is 0 Å². The summed E-state index contributed by atoms with van der Waals surface area (Å²) in [5.74, 6) is 0. The molecule has 1 rings (SSSR count). The van der Waals surface area contributed by atoms with E-state index in [0.29, 0.717) is 0 Å². The highest BCUT2D eigenvalue weighted by molar-refractivity contribution is 4.90. The topological polar surface area (TPSA) is 56.4 Å². The molecule has 0 aliphatic heterocycles. The number of hydrogen-bond donors (Lipinski definition) is 0. The molecule has 0 N–H and O–H groups in total. The zero-order chi connectivity index (χ0) is 11.3. The first-order chi connectivity index (χ1) is 7.26. The van der Waals surface area contributed by atoms with Crippen LogP contribution in [0, 0.1) is 22.7 Å². The maximum Gasteiger partial charge on any atom is 0.245 e. The molecule has 2 atom stereocenters. The first kappa shape index (κ1) is 11.3. The van der Waals surface area contributed by atoms with Gasteiger partial charge in [0, 0.05) is 0 Å². The number of rotatable bonds is 4. The van der Waals surface area contributed by atoms with Gasteiger partial charge >= 0.3 is 0 Å². The molecule has 4 nitrogen and oxygen atoms in total. The first-order valence-corrected chi connectivity index (χ1v) is 5.14. The summed E-state index contributed by atoms with van der Waals surface area (Å²) in [5, 5.41) is 17.8. The Morgan fingerprint density at radius 1 is 1.27 bits per heavy atom. The molecule has 0 spiro atoms. The van der Waals surface area contributed by atoms with Crippen molar-refractivity contribution in [3.8, 4) is 12.1 Å². The van der Waals surface area contributed by atoms with Crippen LogP contribution in [0.3, 0.4) is 0 Å². The van der Waals surface area contributed by atoms with Crippen molar-refractivity contribution >= 4 is 0 Å². The van der Waals surface area contributed by atoms with E-state index in [2.05, 4.69) is 12.1 Å². The zero-order valence-electron chi connectivity index (χ0n) is 9.09. The molecule has 4 heteroatoms. The lowest BCUT2D eigenvalue weighted by Crippen LogP contribution is -2.36. The van der Waals surface area contributed by atoms with E-state index in [1.54, 1.807) is 0 Å². The van der Waals surface area contributed by atoms with Crippen molar-refractivity contribution in [3.05, 3.63) is 18.7 Å². The maximum absolute atomic E-state index is 8.90. The molecular formula is C11H15N4+. The summed E-state index contributed by atoms with van der Waals surface area (Å²) >= 11 is 0. The molecule has 0 fully saturated rings. The highest BCUT2D eigenvalue weighted by Gasteiger charge is 2.17. The van der Waals surface area contributed by atoms with Gasteiger partial charge in [0.2, 0.25) is 6.33 Å². The van der Waals surface area contributed by atoms with Gasteiger partial charge in [0.05, 0.1) is 0 Å². The molecule has 0 radical (unpaired) electrons. The Kier molecular flexibility index (Phi) is 3.88. The van der Waals surface area contributed by atoms with E-state index >= 15 is 0 Å². The Morgan fingerprint density at radius 3 is 2.47 bits per heavy atom. The quantitative estimate of drug-likeness (QED) is 0.700. The minimum atomic E-state index is -0.137. The summed E-state index contributed by atoms with van der Waals surface area (Å²) in [6.07, 6.45) is 7.06. The molecule has 15 heavy (non-hydrogen) atoms. The number of imidazole rings is 1. The highest BCUT2D eigenvalue weighted by atomic mass is 15.1. The van der Waals surface area contributed by atoms with Crippen LogP contribution in [0.4, 0.5) is 0 Å². The Bertz CT molecular complexity index is 357. The van der Waals surface area contributed by atoms with Gasteiger partial charge in [0.15, 0.2) is 12.1 Å². The van der Waals surface area contributed by atoms with Crippen molar-refractivity contribution in [2.75, 3.05) is 0 Å². The van der Waals surface area contributed by atoms with Gasteiger partial charge in [-0.05, 0) is 12.8 Å². The molecule has 1 aromatic heterocycles. The molecule has 0 bridgehead atoms. The van der Waals surface area contributed by atoms with Crippen molar-refractivity contribution in [1.29, 1.82) is 10.5 Å². The van der Waals surface area contributed by atoms with Crippen LogP contribution in [-0.2, 0) is 0 Å². The van der Waals surface area contributed by atoms with E-state index in [4.69, 9.17) is 10.5 Å². The molecule has 0 aromatic carbocycles. The fraction of sp³-hybridized carbons (Fsp3) is 0.545. The predicted molar refractivity (Wildman–Crippen MR) is 54.5 cm³/mol. The molecule has 1 aromatic rings. The predicted octanol–water partition coefficient (Wildman–Crippen LogP) is 1.72. The van der Waals surface area contributed by atoms with E-state index in [-0.39, 0.29) is 12.1 Å². The molecule has 0 saturated carbocycles. The highest BCUT2D eigenvalue weighted by Crippen LogP contribution is 2.09. The average molecular weight is 203 g/mol. The summed E-state index contributed by atoms with van der Waals surface area (Å²) in [6.45, 7) is 3.94. The Labute approximate surface area is 90.0 Å². The third-order valence-electron chi connectivity index (χ3n) is 2.47. The second-order valence-corrected chi connectivity index (χ2v) is 3.41. The fourth-order valence-corrected chi connectivity index (χ4v) is 1.49. The fourth-order valence-electron chi connectivity index (χ4n) is 1.49. The zero-order valence-corrected chi connectivity index (χ0v) is 9.09. The van der Waals surface area contributed by atoms with Crippen LogP contribution in [0.15, 0.2) is 18.7 Å². The third kappa shape index (κ3) is 2.35. The van der Waals surface area contributed by atoms with Crippen molar-refractivity contribution < 1.29 is 4.57 Å². The number of hydrogen-bond acceptors (Lipinski definition) is 2. The van der Waals surface area contributed by atoms with Crippen LogP contribution in [-0.4, -0.2) is 4.57 Å². The molecule has 78 valence electrons. The second-order valence-electron chi connectivity index (χ2n) is 3.41. The van der Waals surface area contributed by atoms with Crippen LogP contribution >= 0.6 is 0 Å². The van der Waals surface area contributed by atoms with Crippen molar-refractivity contribution in [3.63, 3.8) is 0 Å². The van der Waals surface area contributed by atoms with Gasteiger partial charge in [-0.3, -0.25) is 0 Å². The van der Waals surface area contributed by atoms with E-state index in [0.717, 1.165) is 12.8 Å². The summed E-state index contributed by atoms with van der Waals surface area (Å²) in [7, 11) is 0. The van der Waals surface area contributed by atoms with E-state index < -0.39 is 0 Å². The van der Waals surface area contributed by atoms with Crippen LogP contribution < -0.4 is 4.57 Å². The SMILES string of the molecule is CCC(C#N)n1cc[n+](C(C#N)CC)c1. The van der Waals surface area contributed by atoms with Crippen LogP contribution in [0.25, 0.3) is 0 Å². The summed E-state index contributed by atoms with van der Waals surface area (Å²) < 4.78 is 3.69. The molecule has 0 aliphatic carbocycles.